The Bertz CT molecular complexity index is 687. The molecular formula is C15H11ClF2N2O2. The largest absolute Gasteiger partial charge is 0.484 e. The SMILES string of the molecule is O=C(COc1cccc(F)c1)N/N=C\c1c(F)cccc1Cl. The normalized spacial score (nSPS) is 10.7. The van der Waals surface area contributed by atoms with Gasteiger partial charge in [-0.3, -0.25) is 4.79 Å². The number of carbonyl (C=O) groups is 1. The quantitative estimate of drug-likeness (QED) is 0.678. The van der Waals surface area contributed by atoms with Crippen LogP contribution in [0.2, 0.25) is 5.02 Å². The molecule has 1 amide bonds. The summed E-state index contributed by atoms with van der Waals surface area (Å²) in [6.07, 6.45) is 1.09. The summed E-state index contributed by atoms with van der Waals surface area (Å²) in [6, 6.07) is 9.56. The molecule has 0 aliphatic heterocycles. The molecular weight excluding hydrogens is 314 g/mol. The van der Waals surface area contributed by atoms with Crippen LogP contribution >= 0.6 is 11.6 Å². The third-order valence-electron chi connectivity index (χ3n) is 2.55. The molecule has 0 aliphatic rings. The number of benzene rings is 2. The maximum Gasteiger partial charge on any atom is 0.277 e. The number of nitrogens with one attached hydrogen (secondary N) is 1. The van der Waals surface area contributed by atoms with Gasteiger partial charge in [-0.15, -0.1) is 0 Å². The monoisotopic (exact) mass is 324 g/mol. The first-order valence-corrected chi connectivity index (χ1v) is 6.58. The molecule has 0 fully saturated rings. The molecule has 0 spiro atoms. The summed E-state index contributed by atoms with van der Waals surface area (Å²) in [7, 11) is 0. The smallest absolute Gasteiger partial charge is 0.277 e. The molecule has 0 radical (unpaired) electrons. The Kier molecular flexibility index (Phi) is 5.43. The topological polar surface area (TPSA) is 50.7 Å². The van der Waals surface area contributed by atoms with Crippen molar-refractivity contribution in [2.75, 3.05) is 6.61 Å². The van der Waals surface area contributed by atoms with Crippen molar-refractivity contribution < 1.29 is 18.3 Å². The highest BCUT2D eigenvalue weighted by molar-refractivity contribution is 6.33. The van der Waals surface area contributed by atoms with Gasteiger partial charge in [0.25, 0.3) is 5.91 Å². The Hall–Kier alpha value is -2.47. The minimum atomic E-state index is -0.576. The summed E-state index contributed by atoms with van der Waals surface area (Å²) >= 11 is 5.80. The van der Waals surface area contributed by atoms with E-state index in [9.17, 15) is 13.6 Å². The maximum atomic E-state index is 13.4. The second kappa shape index (κ2) is 7.51. The highest BCUT2D eigenvalue weighted by Crippen LogP contribution is 2.16. The fraction of sp³-hybridized carbons (Fsp3) is 0.0667. The van der Waals surface area contributed by atoms with Gasteiger partial charge in [0.15, 0.2) is 6.61 Å². The second-order valence-corrected chi connectivity index (χ2v) is 4.58. The number of hydrogen-bond donors (Lipinski definition) is 1. The summed E-state index contributed by atoms with van der Waals surface area (Å²) in [5, 5.41) is 3.76. The summed E-state index contributed by atoms with van der Waals surface area (Å²) in [6.45, 7) is -0.355. The Labute approximate surface area is 130 Å². The van der Waals surface area contributed by atoms with Gasteiger partial charge in [-0.2, -0.15) is 5.10 Å². The summed E-state index contributed by atoms with van der Waals surface area (Å²) in [5.74, 6) is -1.38. The molecule has 1 N–H and O–H groups in total. The molecule has 7 heteroatoms. The van der Waals surface area contributed by atoms with E-state index in [1.165, 1.54) is 36.4 Å². The molecule has 4 nitrogen and oxygen atoms in total. The molecule has 0 saturated carbocycles. The molecule has 2 aromatic rings. The molecule has 2 rings (SSSR count). The standard InChI is InChI=1S/C15H11ClF2N2O2/c16-13-5-2-6-14(18)12(13)8-19-20-15(21)9-22-11-4-1-3-10(17)7-11/h1-8H,9H2,(H,20,21)/b19-8-. The zero-order chi connectivity index (χ0) is 15.9. The lowest BCUT2D eigenvalue weighted by molar-refractivity contribution is -0.123. The minimum absolute atomic E-state index is 0.0653. The van der Waals surface area contributed by atoms with E-state index in [-0.39, 0.29) is 22.9 Å². The van der Waals surface area contributed by atoms with E-state index in [4.69, 9.17) is 16.3 Å². The van der Waals surface area contributed by atoms with Crippen molar-refractivity contribution in [2.24, 2.45) is 5.10 Å². The van der Waals surface area contributed by atoms with Crippen LogP contribution in [0.1, 0.15) is 5.56 Å². The predicted molar refractivity (Wildman–Crippen MR) is 79.0 cm³/mol. The summed E-state index contributed by atoms with van der Waals surface area (Å²) in [4.78, 5) is 11.5. The van der Waals surface area contributed by atoms with Gasteiger partial charge in [0, 0.05) is 11.6 Å². The first-order chi connectivity index (χ1) is 10.6. The molecule has 0 bridgehead atoms. The van der Waals surface area contributed by atoms with Gasteiger partial charge in [0.2, 0.25) is 0 Å². The molecule has 0 aliphatic carbocycles. The highest BCUT2D eigenvalue weighted by atomic mass is 35.5. The van der Waals surface area contributed by atoms with E-state index < -0.39 is 17.5 Å². The Morgan fingerprint density at radius 3 is 2.77 bits per heavy atom. The maximum absolute atomic E-state index is 13.4. The van der Waals surface area contributed by atoms with E-state index in [2.05, 4.69) is 10.5 Å². The number of halogens is 3. The summed E-state index contributed by atoms with van der Waals surface area (Å²) < 4.78 is 31.4. The third kappa shape index (κ3) is 4.53. The van der Waals surface area contributed by atoms with E-state index >= 15 is 0 Å². The molecule has 2 aromatic carbocycles. The van der Waals surface area contributed by atoms with Crippen LogP contribution in [0.4, 0.5) is 8.78 Å². The number of ether oxygens (including phenoxy) is 1. The molecule has 0 heterocycles. The van der Waals surface area contributed by atoms with Crippen LogP contribution in [-0.2, 0) is 4.79 Å². The number of amides is 1. The van der Waals surface area contributed by atoms with Crippen LogP contribution in [-0.4, -0.2) is 18.7 Å². The Morgan fingerprint density at radius 1 is 1.27 bits per heavy atom. The van der Waals surface area contributed by atoms with Crippen molar-refractivity contribution in [3.05, 3.63) is 64.7 Å². The fourth-order valence-corrected chi connectivity index (χ4v) is 1.75. The zero-order valence-electron chi connectivity index (χ0n) is 11.2. The average molecular weight is 325 g/mol. The third-order valence-corrected chi connectivity index (χ3v) is 2.88. The Morgan fingerprint density at radius 2 is 2.05 bits per heavy atom. The van der Waals surface area contributed by atoms with E-state index in [1.807, 2.05) is 0 Å². The summed E-state index contributed by atoms with van der Waals surface area (Å²) in [5.41, 5.74) is 2.22. The molecule has 22 heavy (non-hydrogen) atoms. The Balaban J connectivity index is 1.86. The number of carbonyl (C=O) groups excluding carboxylic acids is 1. The molecule has 0 aromatic heterocycles. The van der Waals surface area contributed by atoms with Crippen molar-refractivity contribution in [1.82, 2.24) is 5.43 Å². The lowest BCUT2D eigenvalue weighted by Gasteiger charge is -2.04. The molecule has 114 valence electrons. The van der Waals surface area contributed by atoms with Gasteiger partial charge >= 0.3 is 0 Å². The van der Waals surface area contributed by atoms with Crippen LogP contribution in [0.15, 0.2) is 47.6 Å². The molecule has 0 unspecified atom stereocenters. The zero-order valence-corrected chi connectivity index (χ0v) is 12.0. The van der Waals surface area contributed by atoms with Gasteiger partial charge in [-0.25, -0.2) is 14.2 Å². The van der Waals surface area contributed by atoms with Crippen LogP contribution in [0.5, 0.6) is 5.75 Å². The van der Waals surface area contributed by atoms with Crippen LogP contribution in [0.3, 0.4) is 0 Å². The fourth-order valence-electron chi connectivity index (χ4n) is 1.54. The lowest BCUT2D eigenvalue weighted by atomic mass is 10.2. The number of hydrogen-bond acceptors (Lipinski definition) is 3. The average Bonchev–Trinajstić information content (AvgIpc) is 2.48. The van der Waals surface area contributed by atoms with Crippen molar-refractivity contribution in [1.29, 1.82) is 0 Å². The lowest BCUT2D eigenvalue weighted by Crippen LogP contribution is -2.24. The first kappa shape index (κ1) is 15.9. The van der Waals surface area contributed by atoms with Gasteiger partial charge in [-0.1, -0.05) is 23.7 Å². The first-order valence-electron chi connectivity index (χ1n) is 6.20. The van der Waals surface area contributed by atoms with Gasteiger partial charge < -0.3 is 4.74 Å². The van der Waals surface area contributed by atoms with Crippen molar-refractivity contribution in [3.8, 4) is 5.75 Å². The number of rotatable bonds is 5. The molecule has 0 atom stereocenters. The van der Waals surface area contributed by atoms with Crippen molar-refractivity contribution in [2.45, 2.75) is 0 Å². The number of nitrogens with zero attached hydrogens (tertiary/aromatic N) is 1. The van der Waals surface area contributed by atoms with Crippen molar-refractivity contribution >= 4 is 23.7 Å². The van der Waals surface area contributed by atoms with E-state index in [1.54, 1.807) is 0 Å². The van der Waals surface area contributed by atoms with Crippen molar-refractivity contribution in [3.63, 3.8) is 0 Å². The van der Waals surface area contributed by atoms with Crippen LogP contribution < -0.4 is 10.2 Å². The van der Waals surface area contributed by atoms with Crippen LogP contribution in [0, 0.1) is 11.6 Å². The second-order valence-electron chi connectivity index (χ2n) is 4.17. The van der Waals surface area contributed by atoms with Gasteiger partial charge in [0.05, 0.1) is 11.2 Å². The number of hydrazone groups is 1. The predicted octanol–water partition coefficient (Wildman–Crippen LogP) is 3.15. The van der Waals surface area contributed by atoms with E-state index in [0.717, 1.165) is 12.3 Å². The van der Waals surface area contributed by atoms with E-state index in [0.29, 0.717) is 0 Å². The van der Waals surface area contributed by atoms with Gasteiger partial charge in [-0.05, 0) is 24.3 Å². The molecule has 0 saturated heterocycles. The highest BCUT2D eigenvalue weighted by Gasteiger charge is 2.05. The van der Waals surface area contributed by atoms with Crippen LogP contribution in [0.25, 0.3) is 0 Å². The minimum Gasteiger partial charge on any atom is -0.484 e. The van der Waals surface area contributed by atoms with Gasteiger partial charge in [0.1, 0.15) is 17.4 Å².